The molecule has 0 saturated carbocycles. The highest BCUT2D eigenvalue weighted by Gasteiger charge is 2.50. The van der Waals surface area contributed by atoms with Crippen molar-refractivity contribution in [2.45, 2.75) is 65.6 Å². The molecule has 86 valence electrons. The minimum atomic E-state index is -0.976. The first-order valence-corrected chi connectivity index (χ1v) is 5.71. The molecule has 0 fully saturated rings. The summed E-state index contributed by atoms with van der Waals surface area (Å²) in [4.78, 5) is 0. The van der Waals surface area contributed by atoms with E-state index in [2.05, 4.69) is 0 Å². The highest BCUT2D eigenvalue weighted by molar-refractivity contribution is 5.01. The Balaban J connectivity index is 5.15. The Morgan fingerprint density at radius 1 is 0.786 bits per heavy atom. The lowest BCUT2D eigenvalue weighted by atomic mass is 9.67. The van der Waals surface area contributed by atoms with Crippen LogP contribution in [0.3, 0.4) is 0 Å². The zero-order chi connectivity index (χ0) is 11.6. The SMILES string of the molecule is CC[C@@](O)(C(C)C)[C@@](O)(CC)C(C)C. The molecule has 0 heterocycles. The molecule has 2 atom stereocenters. The van der Waals surface area contributed by atoms with Gasteiger partial charge in [0.05, 0.1) is 11.2 Å². The first-order chi connectivity index (χ1) is 6.26. The summed E-state index contributed by atoms with van der Waals surface area (Å²) in [5.74, 6) is 0.139. The quantitative estimate of drug-likeness (QED) is 0.719. The molecule has 0 rings (SSSR count). The second-order valence-corrected chi connectivity index (χ2v) is 4.87. The van der Waals surface area contributed by atoms with Crippen LogP contribution in [0.1, 0.15) is 54.4 Å². The van der Waals surface area contributed by atoms with E-state index in [1.807, 2.05) is 41.5 Å². The van der Waals surface area contributed by atoms with Crippen LogP contribution in [-0.2, 0) is 0 Å². The fraction of sp³-hybridized carbons (Fsp3) is 1.00. The molecule has 0 aromatic heterocycles. The van der Waals surface area contributed by atoms with Crippen LogP contribution in [0.5, 0.6) is 0 Å². The summed E-state index contributed by atoms with van der Waals surface area (Å²) in [5, 5.41) is 21.1. The molecule has 0 aliphatic rings. The molecule has 0 unspecified atom stereocenters. The molecular weight excluding hydrogens is 176 g/mol. The van der Waals surface area contributed by atoms with Gasteiger partial charge in [-0.1, -0.05) is 41.5 Å². The predicted molar refractivity (Wildman–Crippen MR) is 60.2 cm³/mol. The molecule has 0 spiro atoms. The summed E-state index contributed by atoms with van der Waals surface area (Å²) >= 11 is 0. The summed E-state index contributed by atoms with van der Waals surface area (Å²) in [6, 6.07) is 0. The second-order valence-electron chi connectivity index (χ2n) is 4.87. The van der Waals surface area contributed by atoms with Gasteiger partial charge in [-0.2, -0.15) is 0 Å². The fourth-order valence-corrected chi connectivity index (χ4v) is 2.43. The van der Waals surface area contributed by atoms with E-state index in [4.69, 9.17) is 0 Å². The zero-order valence-corrected chi connectivity index (χ0v) is 10.5. The smallest absolute Gasteiger partial charge is 0.0955 e. The van der Waals surface area contributed by atoms with Crippen LogP contribution in [0.4, 0.5) is 0 Å². The molecule has 2 heteroatoms. The summed E-state index contributed by atoms with van der Waals surface area (Å²) in [5.41, 5.74) is -1.95. The first kappa shape index (κ1) is 13.9. The Morgan fingerprint density at radius 2 is 1.00 bits per heavy atom. The average Bonchev–Trinajstić information content (AvgIpc) is 2.14. The van der Waals surface area contributed by atoms with Crippen molar-refractivity contribution in [3.8, 4) is 0 Å². The fourth-order valence-electron chi connectivity index (χ4n) is 2.43. The van der Waals surface area contributed by atoms with Crippen LogP contribution >= 0.6 is 0 Å². The lowest BCUT2D eigenvalue weighted by Crippen LogP contribution is -2.59. The van der Waals surface area contributed by atoms with Gasteiger partial charge in [-0.05, 0) is 24.7 Å². The predicted octanol–water partition coefficient (Wildman–Crippen LogP) is 2.58. The van der Waals surface area contributed by atoms with Gasteiger partial charge >= 0.3 is 0 Å². The van der Waals surface area contributed by atoms with Crippen molar-refractivity contribution >= 4 is 0 Å². The van der Waals surface area contributed by atoms with Crippen molar-refractivity contribution in [3.05, 3.63) is 0 Å². The number of rotatable bonds is 5. The van der Waals surface area contributed by atoms with E-state index >= 15 is 0 Å². The molecule has 2 nitrogen and oxygen atoms in total. The third kappa shape index (κ3) is 1.96. The highest BCUT2D eigenvalue weighted by atomic mass is 16.4. The molecule has 2 N–H and O–H groups in total. The minimum absolute atomic E-state index is 0.0693. The molecule has 14 heavy (non-hydrogen) atoms. The maximum absolute atomic E-state index is 10.5. The van der Waals surface area contributed by atoms with Crippen LogP contribution in [0.2, 0.25) is 0 Å². The van der Waals surface area contributed by atoms with E-state index in [0.717, 1.165) is 0 Å². The Bertz CT molecular complexity index is 157. The largest absolute Gasteiger partial charge is 0.387 e. The second kappa shape index (κ2) is 4.63. The van der Waals surface area contributed by atoms with Crippen molar-refractivity contribution in [2.75, 3.05) is 0 Å². The maximum atomic E-state index is 10.5. The third-order valence-corrected chi connectivity index (χ3v) is 3.74. The number of hydrogen-bond acceptors (Lipinski definition) is 2. The standard InChI is InChI=1S/C12H26O2/c1-7-11(13,9(3)4)12(14,8-2)10(5)6/h9-10,13-14H,7-8H2,1-6H3/t11-,12-/m1/s1. The van der Waals surface area contributed by atoms with Crippen molar-refractivity contribution < 1.29 is 10.2 Å². The first-order valence-electron chi connectivity index (χ1n) is 5.71. The van der Waals surface area contributed by atoms with E-state index in [0.29, 0.717) is 12.8 Å². The van der Waals surface area contributed by atoms with Crippen LogP contribution in [-0.4, -0.2) is 21.4 Å². The highest BCUT2D eigenvalue weighted by Crippen LogP contribution is 2.40. The zero-order valence-electron chi connectivity index (χ0n) is 10.5. The average molecular weight is 202 g/mol. The summed E-state index contributed by atoms with van der Waals surface area (Å²) in [7, 11) is 0. The summed E-state index contributed by atoms with van der Waals surface area (Å²) in [6.45, 7) is 11.7. The van der Waals surface area contributed by atoms with Gasteiger partial charge in [0.25, 0.3) is 0 Å². The molecular formula is C12H26O2. The summed E-state index contributed by atoms with van der Waals surface area (Å²) < 4.78 is 0. The summed E-state index contributed by atoms with van der Waals surface area (Å²) in [6.07, 6.45) is 1.18. The van der Waals surface area contributed by atoms with E-state index < -0.39 is 11.2 Å². The van der Waals surface area contributed by atoms with Crippen molar-refractivity contribution in [2.24, 2.45) is 11.8 Å². The van der Waals surface area contributed by atoms with Crippen molar-refractivity contribution in [3.63, 3.8) is 0 Å². The van der Waals surface area contributed by atoms with Crippen LogP contribution in [0.15, 0.2) is 0 Å². The lowest BCUT2D eigenvalue weighted by Gasteiger charge is -2.48. The molecule has 0 aromatic carbocycles. The molecule has 0 bridgehead atoms. The van der Waals surface area contributed by atoms with Crippen LogP contribution in [0, 0.1) is 11.8 Å². The Hall–Kier alpha value is -0.0800. The van der Waals surface area contributed by atoms with Crippen molar-refractivity contribution in [1.82, 2.24) is 0 Å². The number of hydrogen-bond donors (Lipinski definition) is 2. The van der Waals surface area contributed by atoms with Gasteiger partial charge in [-0.25, -0.2) is 0 Å². The molecule has 0 aliphatic carbocycles. The minimum Gasteiger partial charge on any atom is -0.387 e. The Kier molecular flexibility index (Phi) is 4.60. The molecule has 0 aromatic rings. The Morgan fingerprint density at radius 3 is 1.07 bits per heavy atom. The van der Waals surface area contributed by atoms with Gasteiger partial charge in [0.15, 0.2) is 0 Å². The number of aliphatic hydroxyl groups is 2. The molecule has 0 aliphatic heterocycles. The van der Waals surface area contributed by atoms with Gasteiger partial charge in [-0.15, -0.1) is 0 Å². The van der Waals surface area contributed by atoms with Gasteiger partial charge in [0.2, 0.25) is 0 Å². The van der Waals surface area contributed by atoms with Gasteiger partial charge in [0, 0.05) is 0 Å². The van der Waals surface area contributed by atoms with Gasteiger partial charge in [-0.3, -0.25) is 0 Å². The van der Waals surface area contributed by atoms with E-state index in [1.54, 1.807) is 0 Å². The maximum Gasteiger partial charge on any atom is 0.0955 e. The van der Waals surface area contributed by atoms with Crippen LogP contribution in [0.25, 0.3) is 0 Å². The van der Waals surface area contributed by atoms with Gasteiger partial charge < -0.3 is 10.2 Å². The van der Waals surface area contributed by atoms with E-state index in [-0.39, 0.29) is 11.8 Å². The normalized spacial score (nSPS) is 21.0. The van der Waals surface area contributed by atoms with Crippen molar-refractivity contribution in [1.29, 1.82) is 0 Å². The van der Waals surface area contributed by atoms with Gasteiger partial charge in [0.1, 0.15) is 0 Å². The van der Waals surface area contributed by atoms with E-state index in [9.17, 15) is 10.2 Å². The Labute approximate surface area is 88.3 Å². The third-order valence-electron chi connectivity index (χ3n) is 3.74. The molecule has 0 amide bonds. The van der Waals surface area contributed by atoms with E-state index in [1.165, 1.54) is 0 Å². The monoisotopic (exact) mass is 202 g/mol. The lowest BCUT2D eigenvalue weighted by molar-refractivity contribution is -0.200. The molecule has 0 radical (unpaired) electrons. The van der Waals surface area contributed by atoms with Crippen LogP contribution < -0.4 is 0 Å². The molecule has 0 saturated heterocycles. The topological polar surface area (TPSA) is 40.5 Å².